The van der Waals surface area contributed by atoms with Crippen LogP contribution in [-0.2, 0) is 0 Å². The van der Waals surface area contributed by atoms with Crippen LogP contribution < -0.4 is 0 Å². The lowest BCUT2D eigenvalue weighted by Gasteiger charge is -2.04. The van der Waals surface area contributed by atoms with Gasteiger partial charge in [-0.25, -0.2) is 0 Å². The van der Waals surface area contributed by atoms with Gasteiger partial charge in [0, 0.05) is 12.0 Å². The van der Waals surface area contributed by atoms with E-state index >= 15 is 0 Å². The number of rotatable bonds is 1. The predicted molar refractivity (Wildman–Crippen MR) is 48.1 cm³/mol. The van der Waals surface area contributed by atoms with E-state index in [9.17, 15) is 4.79 Å². The molecule has 1 heteroatoms. The standard InChI is InChI=1S/C11H11O/c1-2-8-7-11(12)10-6-4-3-5-9(8)10/h3-6,8H,1-2,7H2. The fraction of sp³-hybridized carbons (Fsp3) is 0.273. The van der Waals surface area contributed by atoms with Gasteiger partial charge in [0.05, 0.1) is 0 Å². The van der Waals surface area contributed by atoms with Gasteiger partial charge in [-0.2, -0.15) is 0 Å². The van der Waals surface area contributed by atoms with E-state index in [4.69, 9.17) is 0 Å². The van der Waals surface area contributed by atoms with Crippen LogP contribution in [0.3, 0.4) is 0 Å². The summed E-state index contributed by atoms with van der Waals surface area (Å²) < 4.78 is 0. The Morgan fingerprint density at radius 3 is 2.92 bits per heavy atom. The molecule has 0 fully saturated rings. The van der Waals surface area contributed by atoms with Crippen LogP contribution in [0.4, 0.5) is 0 Å². The van der Waals surface area contributed by atoms with Crippen molar-refractivity contribution < 1.29 is 4.79 Å². The molecule has 0 aliphatic heterocycles. The summed E-state index contributed by atoms with van der Waals surface area (Å²) in [4.78, 5) is 11.4. The van der Waals surface area contributed by atoms with E-state index in [1.807, 2.05) is 24.3 Å². The van der Waals surface area contributed by atoms with Crippen molar-refractivity contribution in [2.24, 2.45) is 0 Å². The summed E-state index contributed by atoms with van der Waals surface area (Å²) in [5, 5.41) is 0. The molecule has 0 heterocycles. The Labute approximate surface area is 72.4 Å². The molecule has 1 aromatic carbocycles. The van der Waals surface area contributed by atoms with Gasteiger partial charge in [-0.05, 0) is 17.9 Å². The molecule has 0 aromatic heterocycles. The number of carbonyl (C=O) groups excluding carboxylic acids is 1. The number of fused-ring (bicyclic) bond motifs is 1. The van der Waals surface area contributed by atoms with E-state index < -0.39 is 0 Å². The molecule has 12 heavy (non-hydrogen) atoms. The lowest BCUT2D eigenvalue weighted by Crippen LogP contribution is -1.90. The number of benzene rings is 1. The molecule has 1 radical (unpaired) electrons. The molecule has 0 N–H and O–H groups in total. The van der Waals surface area contributed by atoms with Gasteiger partial charge >= 0.3 is 0 Å². The first-order valence-electron chi connectivity index (χ1n) is 4.24. The zero-order valence-corrected chi connectivity index (χ0v) is 6.92. The maximum absolute atomic E-state index is 11.4. The summed E-state index contributed by atoms with van der Waals surface area (Å²) in [5.41, 5.74) is 2.10. The van der Waals surface area contributed by atoms with Crippen molar-refractivity contribution in [2.75, 3.05) is 0 Å². The van der Waals surface area contributed by atoms with Crippen LogP contribution in [0.25, 0.3) is 0 Å². The first-order chi connectivity index (χ1) is 5.83. The average molecular weight is 159 g/mol. The van der Waals surface area contributed by atoms with Crippen LogP contribution in [0.5, 0.6) is 0 Å². The molecule has 2 rings (SSSR count). The molecule has 0 saturated heterocycles. The second kappa shape index (κ2) is 2.74. The fourth-order valence-corrected chi connectivity index (χ4v) is 1.81. The topological polar surface area (TPSA) is 17.1 Å². The molecule has 1 aromatic rings. The molecule has 1 unspecified atom stereocenters. The van der Waals surface area contributed by atoms with Crippen LogP contribution in [0.2, 0.25) is 0 Å². The van der Waals surface area contributed by atoms with E-state index in [-0.39, 0.29) is 5.78 Å². The second-order valence-corrected chi connectivity index (χ2v) is 3.20. The minimum absolute atomic E-state index is 0.277. The van der Waals surface area contributed by atoms with Gasteiger partial charge in [-0.1, -0.05) is 31.2 Å². The molecule has 1 aliphatic carbocycles. The Morgan fingerprint density at radius 1 is 1.42 bits per heavy atom. The van der Waals surface area contributed by atoms with Crippen LogP contribution in [-0.4, -0.2) is 5.78 Å². The zero-order valence-electron chi connectivity index (χ0n) is 6.92. The van der Waals surface area contributed by atoms with E-state index in [1.165, 1.54) is 5.56 Å². The highest BCUT2D eigenvalue weighted by molar-refractivity contribution is 6.01. The third-order valence-electron chi connectivity index (χ3n) is 2.48. The summed E-state index contributed by atoms with van der Waals surface area (Å²) in [6.07, 6.45) is 1.48. The SMILES string of the molecule is [CH2]CC1CC(=O)c2ccccc21. The molecule has 61 valence electrons. The van der Waals surface area contributed by atoms with Crippen molar-refractivity contribution in [1.29, 1.82) is 0 Å². The van der Waals surface area contributed by atoms with Crippen molar-refractivity contribution in [1.82, 2.24) is 0 Å². The summed E-state index contributed by atoms with van der Waals surface area (Å²) in [6.45, 7) is 3.85. The first kappa shape index (κ1) is 7.53. The van der Waals surface area contributed by atoms with E-state index in [0.717, 1.165) is 12.0 Å². The van der Waals surface area contributed by atoms with Gasteiger partial charge in [0.2, 0.25) is 0 Å². The van der Waals surface area contributed by atoms with Crippen LogP contribution in [0.1, 0.15) is 34.7 Å². The predicted octanol–water partition coefficient (Wildman–Crippen LogP) is 2.58. The molecule has 1 atom stereocenters. The van der Waals surface area contributed by atoms with E-state index in [2.05, 4.69) is 6.92 Å². The molecular formula is C11H11O. The number of hydrogen-bond acceptors (Lipinski definition) is 1. The molecule has 0 saturated carbocycles. The lowest BCUT2D eigenvalue weighted by atomic mass is 9.99. The van der Waals surface area contributed by atoms with Gasteiger partial charge in [0.1, 0.15) is 0 Å². The molecule has 0 amide bonds. The summed E-state index contributed by atoms with van der Waals surface area (Å²) in [7, 11) is 0. The molecule has 0 bridgehead atoms. The lowest BCUT2D eigenvalue weighted by molar-refractivity contribution is 0.0989. The third-order valence-corrected chi connectivity index (χ3v) is 2.48. The highest BCUT2D eigenvalue weighted by Crippen LogP contribution is 2.34. The van der Waals surface area contributed by atoms with Gasteiger partial charge in [0.15, 0.2) is 5.78 Å². The second-order valence-electron chi connectivity index (χ2n) is 3.20. The molecular weight excluding hydrogens is 148 g/mol. The van der Waals surface area contributed by atoms with Crippen LogP contribution in [0, 0.1) is 6.92 Å². The van der Waals surface area contributed by atoms with Crippen molar-refractivity contribution in [3.05, 3.63) is 42.3 Å². The summed E-state index contributed by atoms with van der Waals surface area (Å²) in [6, 6.07) is 7.85. The largest absolute Gasteiger partial charge is 0.294 e. The fourth-order valence-electron chi connectivity index (χ4n) is 1.81. The minimum atomic E-state index is 0.277. The van der Waals surface area contributed by atoms with E-state index in [0.29, 0.717) is 12.3 Å². The van der Waals surface area contributed by atoms with Crippen LogP contribution in [0.15, 0.2) is 24.3 Å². The maximum atomic E-state index is 11.4. The Kier molecular flexibility index (Phi) is 1.72. The van der Waals surface area contributed by atoms with Crippen molar-refractivity contribution >= 4 is 5.78 Å². The smallest absolute Gasteiger partial charge is 0.163 e. The monoisotopic (exact) mass is 159 g/mol. The Balaban J connectivity index is 2.50. The summed E-state index contributed by atoms with van der Waals surface area (Å²) >= 11 is 0. The normalized spacial score (nSPS) is 21.1. The van der Waals surface area contributed by atoms with Crippen molar-refractivity contribution in [2.45, 2.75) is 18.8 Å². The number of hydrogen-bond donors (Lipinski definition) is 0. The highest BCUT2D eigenvalue weighted by atomic mass is 16.1. The van der Waals surface area contributed by atoms with E-state index in [1.54, 1.807) is 0 Å². The first-order valence-corrected chi connectivity index (χ1v) is 4.24. The molecule has 1 aliphatic rings. The summed E-state index contributed by atoms with van der Waals surface area (Å²) in [5.74, 6) is 0.646. The van der Waals surface area contributed by atoms with Crippen molar-refractivity contribution in [3.8, 4) is 0 Å². The van der Waals surface area contributed by atoms with Gasteiger partial charge < -0.3 is 0 Å². The number of ketones is 1. The van der Waals surface area contributed by atoms with Gasteiger partial charge in [-0.3, -0.25) is 4.79 Å². The average Bonchev–Trinajstić information content (AvgIpc) is 2.44. The third kappa shape index (κ3) is 0.970. The molecule has 0 spiro atoms. The van der Waals surface area contributed by atoms with Gasteiger partial charge in [0.25, 0.3) is 0 Å². The van der Waals surface area contributed by atoms with Crippen molar-refractivity contribution in [3.63, 3.8) is 0 Å². The Bertz CT molecular complexity index is 315. The Hall–Kier alpha value is -1.11. The highest BCUT2D eigenvalue weighted by Gasteiger charge is 2.26. The minimum Gasteiger partial charge on any atom is -0.294 e. The Morgan fingerprint density at radius 2 is 2.17 bits per heavy atom. The number of carbonyl (C=O) groups is 1. The molecule has 1 nitrogen and oxygen atoms in total. The zero-order chi connectivity index (χ0) is 8.55. The van der Waals surface area contributed by atoms with Crippen LogP contribution >= 0.6 is 0 Å². The van der Waals surface area contributed by atoms with Gasteiger partial charge in [-0.15, -0.1) is 0 Å². The number of Topliss-reactive ketones (excluding diaryl/α,β-unsaturated/α-hetero) is 1. The quantitative estimate of drug-likeness (QED) is 0.615. The maximum Gasteiger partial charge on any atom is 0.163 e.